The van der Waals surface area contributed by atoms with E-state index in [9.17, 15) is 14.7 Å². The number of aliphatic hydroxyl groups excluding tert-OH is 1. The van der Waals surface area contributed by atoms with Crippen LogP contribution in [-0.4, -0.2) is 34.3 Å². The number of benzene rings is 3. The summed E-state index contributed by atoms with van der Waals surface area (Å²) in [6.45, 7) is 4.41. The number of carbonyl (C=O) groups excluding carboxylic acids is 2. The molecule has 2 atom stereocenters. The van der Waals surface area contributed by atoms with E-state index >= 15 is 0 Å². The van der Waals surface area contributed by atoms with Crippen molar-refractivity contribution in [3.05, 3.63) is 107 Å². The van der Waals surface area contributed by atoms with E-state index in [2.05, 4.69) is 41.5 Å². The molecule has 5 nitrogen and oxygen atoms in total. The van der Waals surface area contributed by atoms with Crippen molar-refractivity contribution in [2.75, 3.05) is 6.54 Å². The first-order valence-electron chi connectivity index (χ1n) is 12.1. The third-order valence-corrected chi connectivity index (χ3v) is 6.34. The number of aromatic nitrogens is 1. The maximum Gasteiger partial charge on any atom is 0.186 e. The number of aromatic amines is 1. The van der Waals surface area contributed by atoms with E-state index in [4.69, 9.17) is 0 Å². The van der Waals surface area contributed by atoms with Crippen molar-refractivity contribution >= 4 is 22.5 Å². The largest absolute Gasteiger partial charge is 0.393 e. The number of rotatable bonds is 11. The van der Waals surface area contributed by atoms with Crippen molar-refractivity contribution in [1.82, 2.24) is 10.3 Å². The van der Waals surface area contributed by atoms with Gasteiger partial charge in [0.25, 0.3) is 0 Å². The molecule has 4 rings (SSSR count). The molecular formula is C30H32N2O3. The number of nitrogens with one attached hydrogen (secondary N) is 2. The van der Waals surface area contributed by atoms with Crippen LogP contribution in [0.5, 0.6) is 0 Å². The minimum atomic E-state index is -0.508. The number of Topliss-reactive ketones (excluding diaryl/α,β-unsaturated/α-hetero) is 2. The minimum absolute atomic E-state index is 0.0143. The Bertz CT molecular complexity index is 1290. The minimum Gasteiger partial charge on any atom is -0.393 e. The van der Waals surface area contributed by atoms with Crippen molar-refractivity contribution in [2.24, 2.45) is 0 Å². The quantitative estimate of drug-likeness (QED) is 0.251. The Balaban J connectivity index is 1.54. The van der Waals surface area contributed by atoms with Gasteiger partial charge in [-0.05, 0) is 43.9 Å². The third-order valence-electron chi connectivity index (χ3n) is 6.34. The van der Waals surface area contributed by atoms with Gasteiger partial charge in [0.1, 0.15) is 0 Å². The monoisotopic (exact) mass is 468 g/mol. The molecule has 35 heavy (non-hydrogen) atoms. The van der Waals surface area contributed by atoms with E-state index in [0.717, 1.165) is 22.9 Å². The molecule has 1 aromatic heterocycles. The van der Waals surface area contributed by atoms with Gasteiger partial charge < -0.3 is 15.4 Å². The lowest BCUT2D eigenvalue weighted by Gasteiger charge is -2.18. The van der Waals surface area contributed by atoms with E-state index in [0.29, 0.717) is 24.1 Å². The Morgan fingerprint density at radius 1 is 1.00 bits per heavy atom. The predicted molar refractivity (Wildman–Crippen MR) is 140 cm³/mol. The number of ketones is 2. The van der Waals surface area contributed by atoms with Gasteiger partial charge in [0.2, 0.25) is 0 Å². The lowest BCUT2D eigenvalue weighted by Crippen LogP contribution is -2.30. The Hall–Kier alpha value is -3.54. The normalized spacial score (nSPS) is 13.0. The average Bonchev–Trinajstić information content (AvgIpc) is 3.30. The molecule has 0 spiro atoms. The molecule has 1 heterocycles. The molecule has 0 aliphatic rings. The van der Waals surface area contributed by atoms with Gasteiger partial charge in [-0.2, -0.15) is 0 Å². The highest BCUT2D eigenvalue weighted by molar-refractivity contribution is 6.11. The summed E-state index contributed by atoms with van der Waals surface area (Å²) in [6.07, 6.45) is 2.76. The fourth-order valence-electron chi connectivity index (χ4n) is 4.27. The number of aliphatic hydroxyl groups is 1. The van der Waals surface area contributed by atoms with Crippen LogP contribution in [0, 0.1) is 6.92 Å². The molecule has 0 fully saturated rings. The van der Waals surface area contributed by atoms with Crippen molar-refractivity contribution in [2.45, 2.75) is 45.3 Å². The molecule has 0 unspecified atom stereocenters. The van der Waals surface area contributed by atoms with Crippen molar-refractivity contribution in [1.29, 1.82) is 0 Å². The second-order valence-electron chi connectivity index (χ2n) is 9.17. The topological polar surface area (TPSA) is 82.2 Å². The summed E-state index contributed by atoms with van der Waals surface area (Å²) in [4.78, 5) is 29.4. The molecule has 3 N–H and O–H groups in total. The first-order chi connectivity index (χ1) is 16.9. The number of H-pyrrole nitrogens is 1. The first kappa shape index (κ1) is 24.6. The van der Waals surface area contributed by atoms with Crippen LogP contribution in [0.3, 0.4) is 0 Å². The zero-order chi connectivity index (χ0) is 24.8. The average molecular weight is 469 g/mol. The molecule has 0 saturated carbocycles. The Morgan fingerprint density at radius 2 is 1.74 bits per heavy atom. The van der Waals surface area contributed by atoms with Gasteiger partial charge in [0.05, 0.1) is 12.1 Å². The number of fused-ring (bicyclic) bond motifs is 1. The lowest BCUT2D eigenvalue weighted by molar-refractivity contribution is 0.0940. The summed E-state index contributed by atoms with van der Waals surface area (Å²) < 4.78 is 0. The number of hydrogen-bond acceptors (Lipinski definition) is 4. The SMILES string of the molecule is Cc1ccc(CCN[C@H](C(=O)c2c[nH]c3cc(C(=O)CC[C@H](C)O)ccc23)c2ccccc2)cc1. The molecule has 0 saturated heterocycles. The van der Waals surface area contributed by atoms with Crippen LogP contribution in [0.1, 0.15) is 63.2 Å². The maximum atomic E-state index is 13.7. The van der Waals surface area contributed by atoms with E-state index in [-0.39, 0.29) is 18.0 Å². The molecule has 0 aliphatic heterocycles. The molecular weight excluding hydrogens is 436 g/mol. The van der Waals surface area contributed by atoms with E-state index in [1.807, 2.05) is 36.4 Å². The van der Waals surface area contributed by atoms with Crippen LogP contribution in [0.2, 0.25) is 0 Å². The van der Waals surface area contributed by atoms with Crippen molar-refractivity contribution in [3.63, 3.8) is 0 Å². The third kappa shape index (κ3) is 6.13. The number of aryl methyl sites for hydroxylation is 1. The molecule has 180 valence electrons. The summed E-state index contributed by atoms with van der Waals surface area (Å²) in [6, 6.07) is 23.1. The fraction of sp³-hybridized carbons (Fsp3) is 0.267. The van der Waals surface area contributed by atoms with Crippen LogP contribution < -0.4 is 5.32 Å². The summed E-state index contributed by atoms with van der Waals surface area (Å²) in [5, 5.41) is 13.7. The molecule has 3 aromatic carbocycles. The van der Waals surface area contributed by atoms with Gasteiger partial charge in [-0.15, -0.1) is 0 Å². The van der Waals surface area contributed by atoms with Crippen molar-refractivity contribution in [3.8, 4) is 0 Å². The Labute approximate surface area is 206 Å². The van der Waals surface area contributed by atoms with E-state index in [1.54, 1.807) is 25.3 Å². The zero-order valence-electron chi connectivity index (χ0n) is 20.3. The second kappa shape index (κ2) is 11.3. The van der Waals surface area contributed by atoms with E-state index < -0.39 is 12.1 Å². The summed E-state index contributed by atoms with van der Waals surface area (Å²) >= 11 is 0. The van der Waals surface area contributed by atoms with Crippen LogP contribution in [-0.2, 0) is 6.42 Å². The maximum absolute atomic E-state index is 13.7. The van der Waals surface area contributed by atoms with Crippen LogP contribution in [0.15, 0.2) is 79.0 Å². The number of carbonyl (C=O) groups is 2. The van der Waals surface area contributed by atoms with Gasteiger partial charge >= 0.3 is 0 Å². The Kier molecular flexibility index (Phi) is 7.91. The zero-order valence-corrected chi connectivity index (χ0v) is 20.3. The summed E-state index contributed by atoms with van der Waals surface area (Å²) in [5.74, 6) is -0.0326. The highest BCUT2D eigenvalue weighted by Gasteiger charge is 2.24. The molecule has 0 radical (unpaired) electrons. The lowest BCUT2D eigenvalue weighted by atomic mass is 9.96. The molecule has 5 heteroatoms. The Morgan fingerprint density at radius 3 is 2.46 bits per heavy atom. The smallest absolute Gasteiger partial charge is 0.186 e. The first-order valence-corrected chi connectivity index (χ1v) is 12.1. The van der Waals surface area contributed by atoms with Crippen LogP contribution in [0.4, 0.5) is 0 Å². The molecule has 0 aliphatic carbocycles. The molecule has 0 amide bonds. The van der Waals surface area contributed by atoms with Gasteiger partial charge in [0, 0.05) is 41.2 Å². The molecule has 4 aromatic rings. The highest BCUT2D eigenvalue weighted by Crippen LogP contribution is 2.26. The van der Waals surface area contributed by atoms with Crippen LogP contribution in [0.25, 0.3) is 10.9 Å². The second-order valence-corrected chi connectivity index (χ2v) is 9.17. The standard InChI is InChI=1S/C30H32N2O3/c1-20-8-11-22(12-9-20)16-17-31-29(23-6-4-3-5-7-23)30(35)26-19-32-27-18-24(13-14-25(26)27)28(34)15-10-21(2)33/h3-9,11-14,18-19,21,29,31-33H,10,15-17H2,1-2H3/t21-,29-/m0/s1. The fourth-order valence-corrected chi connectivity index (χ4v) is 4.27. The van der Waals surface area contributed by atoms with Crippen LogP contribution >= 0.6 is 0 Å². The van der Waals surface area contributed by atoms with Gasteiger partial charge in [0.15, 0.2) is 11.6 Å². The number of hydrogen-bond donors (Lipinski definition) is 3. The summed E-state index contributed by atoms with van der Waals surface area (Å²) in [5.41, 5.74) is 5.30. The predicted octanol–water partition coefficient (Wildman–Crippen LogP) is 5.58. The van der Waals surface area contributed by atoms with E-state index in [1.165, 1.54) is 11.1 Å². The summed E-state index contributed by atoms with van der Waals surface area (Å²) in [7, 11) is 0. The highest BCUT2D eigenvalue weighted by atomic mass is 16.3. The van der Waals surface area contributed by atoms with Crippen molar-refractivity contribution < 1.29 is 14.7 Å². The molecule has 0 bridgehead atoms. The van der Waals surface area contributed by atoms with Gasteiger partial charge in [-0.3, -0.25) is 9.59 Å². The van der Waals surface area contributed by atoms with Gasteiger partial charge in [-0.25, -0.2) is 0 Å². The van der Waals surface area contributed by atoms with Gasteiger partial charge in [-0.1, -0.05) is 72.3 Å².